The lowest BCUT2D eigenvalue weighted by molar-refractivity contribution is 0.155. The van der Waals surface area contributed by atoms with Crippen molar-refractivity contribution in [3.63, 3.8) is 0 Å². The standard InChI is InChI=1S/C8H14N/c1-2-4-8(5-3-1)6-9-7-8/h6,9H,1-5,7H2. The van der Waals surface area contributed by atoms with Gasteiger partial charge in [-0.1, -0.05) is 19.3 Å². The van der Waals surface area contributed by atoms with E-state index in [4.69, 9.17) is 0 Å². The van der Waals surface area contributed by atoms with Gasteiger partial charge in [0.25, 0.3) is 0 Å². The Hall–Kier alpha value is -0.0400. The average Bonchev–Trinajstić information content (AvgIpc) is 1.87. The Balaban J connectivity index is 1.93. The first-order valence-electron chi connectivity index (χ1n) is 3.99. The summed E-state index contributed by atoms with van der Waals surface area (Å²) in [7, 11) is 0. The summed E-state index contributed by atoms with van der Waals surface area (Å²) < 4.78 is 0. The maximum Gasteiger partial charge on any atom is 0.0295 e. The Morgan fingerprint density at radius 2 is 1.78 bits per heavy atom. The van der Waals surface area contributed by atoms with Gasteiger partial charge in [0.1, 0.15) is 0 Å². The Bertz CT molecular complexity index is 97.1. The van der Waals surface area contributed by atoms with Crippen molar-refractivity contribution in [1.82, 2.24) is 5.32 Å². The smallest absolute Gasteiger partial charge is 0.0295 e. The largest absolute Gasteiger partial charge is 0.311 e. The third-order valence-electron chi connectivity index (χ3n) is 2.71. The summed E-state index contributed by atoms with van der Waals surface area (Å²) in [5, 5.41) is 3.25. The molecule has 2 aliphatic rings. The predicted molar refractivity (Wildman–Crippen MR) is 37.8 cm³/mol. The highest BCUT2D eigenvalue weighted by Crippen LogP contribution is 2.41. The lowest BCUT2D eigenvalue weighted by atomic mass is 9.70. The molecule has 0 unspecified atom stereocenters. The molecule has 1 radical (unpaired) electrons. The van der Waals surface area contributed by atoms with Crippen molar-refractivity contribution in [2.45, 2.75) is 32.1 Å². The van der Waals surface area contributed by atoms with E-state index in [1.165, 1.54) is 38.6 Å². The minimum absolute atomic E-state index is 0.665. The molecule has 1 aliphatic heterocycles. The number of hydrogen-bond acceptors (Lipinski definition) is 1. The van der Waals surface area contributed by atoms with Crippen molar-refractivity contribution < 1.29 is 0 Å². The highest BCUT2D eigenvalue weighted by molar-refractivity contribution is 5.02. The molecule has 0 aromatic carbocycles. The first kappa shape index (κ1) is 5.72. The highest BCUT2D eigenvalue weighted by atomic mass is 15.0. The second kappa shape index (κ2) is 1.98. The van der Waals surface area contributed by atoms with Crippen LogP contribution in [-0.4, -0.2) is 6.54 Å². The van der Waals surface area contributed by atoms with Crippen LogP contribution >= 0.6 is 0 Å². The van der Waals surface area contributed by atoms with Gasteiger partial charge in [-0.15, -0.1) is 0 Å². The highest BCUT2D eigenvalue weighted by Gasteiger charge is 2.37. The van der Waals surface area contributed by atoms with Crippen LogP contribution in [0, 0.1) is 12.0 Å². The Morgan fingerprint density at radius 3 is 2.11 bits per heavy atom. The molecule has 0 aromatic heterocycles. The summed E-state index contributed by atoms with van der Waals surface area (Å²) in [6.07, 6.45) is 7.27. The van der Waals surface area contributed by atoms with Crippen molar-refractivity contribution in [1.29, 1.82) is 0 Å². The van der Waals surface area contributed by atoms with E-state index in [1.807, 2.05) is 0 Å². The molecule has 1 saturated carbocycles. The molecule has 0 aromatic rings. The van der Waals surface area contributed by atoms with Crippen molar-refractivity contribution >= 4 is 0 Å². The molecule has 9 heavy (non-hydrogen) atoms. The van der Waals surface area contributed by atoms with Gasteiger partial charge in [-0.25, -0.2) is 0 Å². The first-order valence-corrected chi connectivity index (χ1v) is 3.99. The number of nitrogens with one attached hydrogen (secondary N) is 1. The van der Waals surface area contributed by atoms with E-state index in [-0.39, 0.29) is 0 Å². The van der Waals surface area contributed by atoms with Gasteiger partial charge in [-0.2, -0.15) is 0 Å². The summed E-state index contributed by atoms with van der Waals surface area (Å²) in [5.41, 5.74) is 0.665. The quantitative estimate of drug-likeness (QED) is 0.518. The minimum atomic E-state index is 0.665. The summed E-state index contributed by atoms with van der Waals surface area (Å²) in [4.78, 5) is 0. The monoisotopic (exact) mass is 124 g/mol. The Kier molecular flexibility index (Phi) is 1.26. The fraction of sp³-hybridized carbons (Fsp3) is 0.875. The molecule has 2 fully saturated rings. The topological polar surface area (TPSA) is 12.0 Å². The van der Waals surface area contributed by atoms with Gasteiger partial charge in [0, 0.05) is 13.1 Å². The summed E-state index contributed by atoms with van der Waals surface area (Å²) >= 11 is 0. The first-order chi connectivity index (χ1) is 4.41. The van der Waals surface area contributed by atoms with E-state index in [2.05, 4.69) is 11.9 Å². The molecule has 51 valence electrons. The number of hydrogen-bond donors (Lipinski definition) is 1. The average molecular weight is 124 g/mol. The van der Waals surface area contributed by atoms with E-state index in [1.54, 1.807) is 0 Å². The van der Waals surface area contributed by atoms with Crippen molar-refractivity contribution in [2.24, 2.45) is 5.41 Å². The van der Waals surface area contributed by atoms with Gasteiger partial charge < -0.3 is 5.32 Å². The maximum absolute atomic E-state index is 3.25. The molecule has 2 rings (SSSR count). The molecular formula is C8H14N. The van der Waals surface area contributed by atoms with Crippen LogP contribution < -0.4 is 5.32 Å². The van der Waals surface area contributed by atoms with E-state index in [9.17, 15) is 0 Å². The van der Waals surface area contributed by atoms with Crippen LogP contribution in [-0.2, 0) is 0 Å². The Morgan fingerprint density at radius 1 is 1.11 bits per heavy atom. The molecular weight excluding hydrogens is 110 g/mol. The minimum Gasteiger partial charge on any atom is -0.311 e. The molecule has 1 spiro atoms. The van der Waals surface area contributed by atoms with Gasteiger partial charge in [-0.3, -0.25) is 0 Å². The Labute approximate surface area is 56.8 Å². The summed E-state index contributed by atoms with van der Waals surface area (Å²) in [6, 6.07) is 0. The predicted octanol–water partition coefficient (Wildman–Crippen LogP) is 1.70. The van der Waals surface area contributed by atoms with Crippen LogP contribution in [0.1, 0.15) is 32.1 Å². The fourth-order valence-corrected chi connectivity index (χ4v) is 1.97. The summed E-state index contributed by atoms with van der Waals surface area (Å²) in [5.74, 6) is 0. The van der Waals surface area contributed by atoms with Crippen LogP contribution in [0.5, 0.6) is 0 Å². The van der Waals surface area contributed by atoms with Crippen LogP contribution in [0.4, 0.5) is 0 Å². The zero-order chi connectivity index (χ0) is 6.16. The van der Waals surface area contributed by atoms with E-state index >= 15 is 0 Å². The second-order valence-corrected chi connectivity index (χ2v) is 3.45. The van der Waals surface area contributed by atoms with Crippen LogP contribution in [0.3, 0.4) is 0 Å². The third kappa shape index (κ3) is 0.877. The number of rotatable bonds is 0. The van der Waals surface area contributed by atoms with Gasteiger partial charge in [0.05, 0.1) is 0 Å². The van der Waals surface area contributed by atoms with Gasteiger partial charge in [-0.05, 0) is 18.3 Å². The zero-order valence-electron chi connectivity index (χ0n) is 5.82. The van der Waals surface area contributed by atoms with Crippen molar-refractivity contribution in [3.05, 3.63) is 6.54 Å². The molecule has 1 saturated heterocycles. The third-order valence-corrected chi connectivity index (χ3v) is 2.71. The fourth-order valence-electron chi connectivity index (χ4n) is 1.97. The van der Waals surface area contributed by atoms with E-state index in [0.717, 1.165) is 0 Å². The zero-order valence-corrected chi connectivity index (χ0v) is 5.82. The summed E-state index contributed by atoms with van der Waals surface area (Å²) in [6.45, 7) is 3.57. The molecule has 0 amide bonds. The van der Waals surface area contributed by atoms with Crippen LogP contribution in [0.2, 0.25) is 0 Å². The van der Waals surface area contributed by atoms with Crippen LogP contribution in [0.25, 0.3) is 0 Å². The maximum atomic E-state index is 3.25. The molecule has 1 aliphatic carbocycles. The lowest BCUT2D eigenvalue weighted by Crippen LogP contribution is -2.49. The van der Waals surface area contributed by atoms with Crippen molar-refractivity contribution in [2.75, 3.05) is 6.54 Å². The lowest BCUT2D eigenvalue weighted by Gasteiger charge is -2.45. The molecule has 1 nitrogen and oxygen atoms in total. The molecule has 0 atom stereocenters. The van der Waals surface area contributed by atoms with Gasteiger partial charge >= 0.3 is 0 Å². The molecule has 0 bridgehead atoms. The molecule has 1 heterocycles. The molecule has 1 heteroatoms. The molecule has 1 N–H and O–H groups in total. The SMILES string of the molecule is [CH]1NCC12CCCCC2. The normalized spacial score (nSPS) is 32.0. The second-order valence-electron chi connectivity index (χ2n) is 3.45. The van der Waals surface area contributed by atoms with E-state index < -0.39 is 0 Å². The van der Waals surface area contributed by atoms with E-state index in [0.29, 0.717) is 5.41 Å². The van der Waals surface area contributed by atoms with Crippen molar-refractivity contribution in [3.8, 4) is 0 Å². The van der Waals surface area contributed by atoms with Crippen LogP contribution in [0.15, 0.2) is 0 Å². The van der Waals surface area contributed by atoms with Gasteiger partial charge in [0.15, 0.2) is 0 Å². The van der Waals surface area contributed by atoms with Gasteiger partial charge in [0.2, 0.25) is 0 Å².